The van der Waals surface area contributed by atoms with Gasteiger partial charge < -0.3 is 15.2 Å². The van der Waals surface area contributed by atoms with Crippen molar-refractivity contribution in [3.05, 3.63) is 42.2 Å². The summed E-state index contributed by atoms with van der Waals surface area (Å²) in [6, 6.07) is 7.11. The minimum Gasteiger partial charge on any atom is -0.508 e. The quantitative estimate of drug-likeness (QED) is 0.757. The molecule has 0 spiro atoms. The zero-order valence-corrected chi connectivity index (χ0v) is 10.3. The largest absolute Gasteiger partial charge is 0.508 e. The van der Waals surface area contributed by atoms with Gasteiger partial charge in [0.15, 0.2) is 0 Å². The molecule has 0 aliphatic heterocycles. The van der Waals surface area contributed by atoms with Gasteiger partial charge in [-0.3, -0.25) is 4.68 Å². The van der Waals surface area contributed by atoms with Crippen molar-refractivity contribution in [1.29, 1.82) is 0 Å². The highest BCUT2D eigenvalue weighted by Gasteiger charge is 2.02. The lowest BCUT2D eigenvalue weighted by molar-refractivity contribution is 0.410. The standard InChI is InChI=1S/C13H17N3O2/c1-18-12-3-4-13(17)11(9-12)10-14-6-8-16-7-2-5-15-16/h2-5,7,9,14,17H,6,8,10H2,1H3. The van der Waals surface area contributed by atoms with E-state index < -0.39 is 0 Å². The number of methoxy groups -OCH3 is 1. The second-order valence-electron chi connectivity index (χ2n) is 3.94. The number of nitrogens with one attached hydrogen (secondary N) is 1. The molecule has 0 fully saturated rings. The zero-order chi connectivity index (χ0) is 12.8. The maximum Gasteiger partial charge on any atom is 0.120 e. The molecule has 5 nitrogen and oxygen atoms in total. The molecule has 1 aromatic carbocycles. The molecule has 0 radical (unpaired) electrons. The van der Waals surface area contributed by atoms with E-state index in [1.165, 1.54) is 0 Å². The number of phenols is 1. The molecule has 2 N–H and O–H groups in total. The predicted molar refractivity (Wildman–Crippen MR) is 68.6 cm³/mol. The number of hydrogen-bond donors (Lipinski definition) is 2. The molecule has 0 unspecified atom stereocenters. The lowest BCUT2D eigenvalue weighted by Gasteiger charge is -2.08. The maximum atomic E-state index is 9.70. The molecule has 0 aliphatic rings. The number of aromatic hydroxyl groups is 1. The number of benzene rings is 1. The minimum absolute atomic E-state index is 0.280. The molecule has 2 rings (SSSR count). The van der Waals surface area contributed by atoms with Gasteiger partial charge in [-0.2, -0.15) is 5.10 Å². The van der Waals surface area contributed by atoms with Crippen LogP contribution in [0.25, 0.3) is 0 Å². The Morgan fingerprint density at radius 1 is 1.44 bits per heavy atom. The first-order valence-corrected chi connectivity index (χ1v) is 5.83. The average molecular weight is 247 g/mol. The Morgan fingerprint density at radius 2 is 2.33 bits per heavy atom. The Morgan fingerprint density at radius 3 is 3.06 bits per heavy atom. The van der Waals surface area contributed by atoms with Crippen molar-refractivity contribution in [1.82, 2.24) is 15.1 Å². The van der Waals surface area contributed by atoms with Gasteiger partial charge in [-0.05, 0) is 24.3 Å². The SMILES string of the molecule is COc1ccc(O)c(CNCCn2cccn2)c1. The molecule has 1 aromatic heterocycles. The van der Waals surface area contributed by atoms with Crippen LogP contribution in [0.5, 0.6) is 11.5 Å². The summed E-state index contributed by atoms with van der Waals surface area (Å²) in [5, 5.41) is 17.1. The molecule has 0 amide bonds. The van der Waals surface area contributed by atoms with E-state index >= 15 is 0 Å². The van der Waals surface area contributed by atoms with Crippen LogP contribution < -0.4 is 10.1 Å². The van der Waals surface area contributed by atoms with Crippen molar-refractivity contribution in [2.75, 3.05) is 13.7 Å². The van der Waals surface area contributed by atoms with Crippen LogP contribution >= 0.6 is 0 Å². The van der Waals surface area contributed by atoms with Gasteiger partial charge in [-0.15, -0.1) is 0 Å². The van der Waals surface area contributed by atoms with Crippen molar-refractivity contribution in [3.8, 4) is 11.5 Å². The fourth-order valence-corrected chi connectivity index (χ4v) is 1.68. The van der Waals surface area contributed by atoms with Gasteiger partial charge >= 0.3 is 0 Å². The Labute approximate surface area is 106 Å². The summed E-state index contributed by atoms with van der Waals surface area (Å²) in [6.07, 6.45) is 3.68. The fraction of sp³-hybridized carbons (Fsp3) is 0.308. The van der Waals surface area contributed by atoms with Crippen molar-refractivity contribution in [2.24, 2.45) is 0 Å². The molecular weight excluding hydrogens is 230 g/mol. The summed E-state index contributed by atoms with van der Waals surface area (Å²) < 4.78 is 6.98. The van der Waals surface area contributed by atoms with E-state index in [0.717, 1.165) is 24.4 Å². The van der Waals surface area contributed by atoms with E-state index in [9.17, 15) is 5.11 Å². The third-order valence-corrected chi connectivity index (χ3v) is 2.68. The summed E-state index contributed by atoms with van der Waals surface area (Å²) in [5.41, 5.74) is 0.829. The summed E-state index contributed by atoms with van der Waals surface area (Å²) in [7, 11) is 1.61. The molecule has 5 heteroatoms. The van der Waals surface area contributed by atoms with Crippen molar-refractivity contribution in [2.45, 2.75) is 13.1 Å². The van der Waals surface area contributed by atoms with E-state index in [-0.39, 0.29) is 5.75 Å². The lowest BCUT2D eigenvalue weighted by Crippen LogP contribution is -2.19. The molecule has 1 heterocycles. The van der Waals surface area contributed by atoms with Gasteiger partial charge in [0.2, 0.25) is 0 Å². The minimum atomic E-state index is 0.280. The molecule has 18 heavy (non-hydrogen) atoms. The highest BCUT2D eigenvalue weighted by molar-refractivity contribution is 5.39. The van der Waals surface area contributed by atoms with Crippen LogP contribution in [0.15, 0.2) is 36.7 Å². The van der Waals surface area contributed by atoms with Crippen LogP contribution in [-0.2, 0) is 13.1 Å². The Kier molecular flexibility index (Phi) is 4.20. The van der Waals surface area contributed by atoms with Crippen LogP contribution in [0.4, 0.5) is 0 Å². The Balaban J connectivity index is 1.82. The van der Waals surface area contributed by atoms with Crippen LogP contribution in [0.1, 0.15) is 5.56 Å². The third kappa shape index (κ3) is 3.24. The van der Waals surface area contributed by atoms with Gasteiger partial charge in [-0.25, -0.2) is 0 Å². The lowest BCUT2D eigenvalue weighted by atomic mass is 10.2. The smallest absolute Gasteiger partial charge is 0.120 e. The van der Waals surface area contributed by atoms with E-state index in [1.54, 1.807) is 25.4 Å². The number of aromatic nitrogens is 2. The van der Waals surface area contributed by atoms with E-state index in [2.05, 4.69) is 10.4 Å². The van der Waals surface area contributed by atoms with Crippen molar-refractivity contribution >= 4 is 0 Å². The van der Waals surface area contributed by atoms with Gasteiger partial charge in [-0.1, -0.05) is 0 Å². The van der Waals surface area contributed by atoms with Crippen LogP contribution in [0.3, 0.4) is 0 Å². The van der Waals surface area contributed by atoms with Crippen LogP contribution in [0.2, 0.25) is 0 Å². The van der Waals surface area contributed by atoms with Gasteiger partial charge in [0.25, 0.3) is 0 Å². The molecule has 96 valence electrons. The zero-order valence-electron chi connectivity index (χ0n) is 10.3. The van der Waals surface area contributed by atoms with Crippen LogP contribution in [0, 0.1) is 0 Å². The van der Waals surface area contributed by atoms with Gasteiger partial charge in [0, 0.05) is 31.0 Å². The summed E-state index contributed by atoms with van der Waals surface area (Å²) >= 11 is 0. The fourth-order valence-electron chi connectivity index (χ4n) is 1.68. The highest BCUT2D eigenvalue weighted by Crippen LogP contribution is 2.22. The molecule has 0 aliphatic carbocycles. The summed E-state index contributed by atoms with van der Waals surface area (Å²) in [5.74, 6) is 1.03. The van der Waals surface area contributed by atoms with Crippen molar-refractivity contribution < 1.29 is 9.84 Å². The number of phenolic OH excluding ortho intramolecular Hbond substituents is 1. The molecule has 0 bridgehead atoms. The summed E-state index contributed by atoms with van der Waals surface area (Å²) in [4.78, 5) is 0. The Bertz CT molecular complexity index is 483. The monoisotopic (exact) mass is 247 g/mol. The average Bonchev–Trinajstić information content (AvgIpc) is 2.89. The van der Waals surface area contributed by atoms with Gasteiger partial charge in [0.05, 0.1) is 13.7 Å². The number of rotatable bonds is 6. The van der Waals surface area contributed by atoms with Gasteiger partial charge in [0.1, 0.15) is 11.5 Å². The highest BCUT2D eigenvalue weighted by atomic mass is 16.5. The number of nitrogens with zero attached hydrogens (tertiary/aromatic N) is 2. The Hall–Kier alpha value is -2.01. The maximum absolute atomic E-state index is 9.70. The topological polar surface area (TPSA) is 59.3 Å². The molecule has 0 saturated heterocycles. The van der Waals surface area contributed by atoms with E-state index in [4.69, 9.17) is 4.74 Å². The molecule has 0 atom stereocenters. The second-order valence-corrected chi connectivity index (χ2v) is 3.94. The second kappa shape index (κ2) is 6.07. The summed E-state index contributed by atoms with van der Waals surface area (Å²) in [6.45, 7) is 2.19. The number of ether oxygens (including phenoxy) is 1. The number of hydrogen-bond acceptors (Lipinski definition) is 4. The molecule has 0 saturated carbocycles. The first kappa shape index (κ1) is 12.4. The third-order valence-electron chi connectivity index (χ3n) is 2.68. The first-order chi connectivity index (χ1) is 8.79. The van der Waals surface area contributed by atoms with Crippen LogP contribution in [-0.4, -0.2) is 28.5 Å². The first-order valence-electron chi connectivity index (χ1n) is 5.83. The van der Waals surface area contributed by atoms with E-state index in [1.807, 2.05) is 23.0 Å². The van der Waals surface area contributed by atoms with Crippen molar-refractivity contribution in [3.63, 3.8) is 0 Å². The predicted octanol–water partition coefficient (Wildman–Crippen LogP) is 1.39. The molecular formula is C13H17N3O2. The van der Waals surface area contributed by atoms with E-state index in [0.29, 0.717) is 6.54 Å². The normalized spacial score (nSPS) is 10.5. The molecule has 2 aromatic rings.